The lowest BCUT2D eigenvalue weighted by atomic mass is 10.2. The van der Waals surface area contributed by atoms with Crippen molar-refractivity contribution in [3.05, 3.63) is 67.1 Å². The Labute approximate surface area is 106 Å². The van der Waals surface area contributed by atoms with Crippen molar-refractivity contribution in [1.29, 1.82) is 0 Å². The number of hydrogen-bond acceptors (Lipinski definition) is 1. The first-order valence-corrected chi connectivity index (χ1v) is 4.50. The van der Waals surface area contributed by atoms with Gasteiger partial charge in [0.25, 0.3) is 0 Å². The summed E-state index contributed by atoms with van der Waals surface area (Å²) >= 11 is 0. The van der Waals surface area contributed by atoms with E-state index >= 15 is 0 Å². The quantitative estimate of drug-likeness (QED) is 0.691. The van der Waals surface area contributed by atoms with Crippen LogP contribution in [-0.4, -0.2) is 23.1 Å². The molecule has 0 spiro atoms. The molecule has 1 nitrogen and oxygen atoms in total. The zero-order valence-corrected chi connectivity index (χ0v) is 7.81. The highest BCUT2D eigenvalue weighted by Gasteiger charge is 1.98. The molecule has 0 unspecified atom stereocenters. The summed E-state index contributed by atoms with van der Waals surface area (Å²) in [6.45, 7) is 3.89. The van der Waals surface area contributed by atoms with Gasteiger partial charge in [0.1, 0.15) is 11.5 Å². The summed E-state index contributed by atoms with van der Waals surface area (Å²) in [5, 5.41) is 0. The summed E-state index contributed by atoms with van der Waals surface area (Å²) in [5.74, 6) is 1.64. The fourth-order valence-electron chi connectivity index (χ4n) is 1.22. The number of ether oxygens (including phenoxy) is 1. The van der Waals surface area contributed by atoms with Gasteiger partial charge in [-0.3, -0.25) is 0 Å². The van der Waals surface area contributed by atoms with E-state index in [0.29, 0.717) is 0 Å². The predicted molar refractivity (Wildman–Crippen MR) is 66.0 cm³/mol. The minimum absolute atomic E-state index is 0. The standard InChI is InChI=1S/C13H11O.Mg.2H/c1-11-7-5-6-10-13(11)14-12-8-3-2-4-9-12;;;/h2-10H,1H2;;;. The van der Waals surface area contributed by atoms with Crippen LogP contribution >= 0.6 is 0 Å². The highest BCUT2D eigenvalue weighted by Crippen LogP contribution is 2.23. The molecule has 15 heavy (non-hydrogen) atoms. The largest absolute Gasteiger partial charge is 0.457 e. The van der Waals surface area contributed by atoms with Gasteiger partial charge in [0, 0.05) is 0 Å². The van der Waals surface area contributed by atoms with Crippen LogP contribution in [0.25, 0.3) is 0 Å². The van der Waals surface area contributed by atoms with Crippen LogP contribution in [0.4, 0.5) is 0 Å². The van der Waals surface area contributed by atoms with Gasteiger partial charge in [0.15, 0.2) is 0 Å². The van der Waals surface area contributed by atoms with E-state index in [1.54, 1.807) is 0 Å². The smallest absolute Gasteiger partial charge is 0.316 e. The Balaban J connectivity index is 0.00000112. The van der Waals surface area contributed by atoms with Crippen molar-refractivity contribution in [2.24, 2.45) is 0 Å². The molecule has 0 aromatic heterocycles. The highest BCUT2D eigenvalue weighted by atomic mass is 24.3. The Hall–Kier alpha value is -0.994. The molecule has 2 aromatic rings. The lowest BCUT2D eigenvalue weighted by Gasteiger charge is -2.07. The molecule has 73 valence electrons. The molecule has 2 heteroatoms. The topological polar surface area (TPSA) is 9.23 Å². The lowest BCUT2D eigenvalue weighted by molar-refractivity contribution is 0.480. The molecule has 0 bridgehead atoms. The first-order valence-electron chi connectivity index (χ1n) is 4.50. The molecule has 2 aromatic carbocycles. The first kappa shape index (κ1) is 12.1. The second-order valence-corrected chi connectivity index (χ2v) is 3.02. The minimum Gasteiger partial charge on any atom is -0.457 e. The monoisotopic (exact) mass is 209 g/mol. The third kappa shape index (κ3) is 3.25. The average Bonchev–Trinajstić information content (AvgIpc) is 2.23. The van der Waals surface area contributed by atoms with Crippen molar-refractivity contribution in [1.82, 2.24) is 0 Å². The fourth-order valence-corrected chi connectivity index (χ4v) is 1.22. The molecule has 0 fully saturated rings. The van der Waals surface area contributed by atoms with Gasteiger partial charge in [0.05, 0.1) is 0 Å². The van der Waals surface area contributed by atoms with E-state index in [1.807, 2.05) is 54.6 Å². The van der Waals surface area contributed by atoms with Crippen LogP contribution in [0.2, 0.25) is 0 Å². The molecule has 0 aliphatic carbocycles. The molecule has 0 saturated heterocycles. The Kier molecular flexibility index (Phi) is 4.66. The molecule has 0 saturated carbocycles. The maximum atomic E-state index is 5.65. The van der Waals surface area contributed by atoms with E-state index in [9.17, 15) is 0 Å². The molecule has 0 amide bonds. The summed E-state index contributed by atoms with van der Waals surface area (Å²) in [7, 11) is 0. The van der Waals surface area contributed by atoms with Crippen molar-refractivity contribution in [3.8, 4) is 11.5 Å². The van der Waals surface area contributed by atoms with Gasteiger partial charge in [-0.25, -0.2) is 0 Å². The number of para-hydroxylation sites is 2. The summed E-state index contributed by atoms with van der Waals surface area (Å²) in [6.07, 6.45) is 0. The van der Waals surface area contributed by atoms with Gasteiger partial charge < -0.3 is 4.74 Å². The summed E-state index contributed by atoms with van der Waals surface area (Å²) in [6, 6.07) is 17.4. The van der Waals surface area contributed by atoms with Gasteiger partial charge in [-0.1, -0.05) is 36.4 Å². The van der Waals surface area contributed by atoms with Gasteiger partial charge in [0.2, 0.25) is 0 Å². The molecule has 0 heterocycles. The SMILES string of the molecule is [CH2]c1ccccc1Oc1ccccc1.[MgH2]. The van der Waals surface area contributed by atoms with Crippen LogP contribution in [0.1, 0.15) is 5.56 Å². The molecule has 0 N–H and O–H groups in total. The minimum atomic E-state index is 0. The van der Waals surface area contributed by atoms with E-state index in [4.69, 9.17) is 4.74 Å². The van der Waals surface area contributed by atoms with Gasteiger partial charge >= 0.3 is 23.1 Å². The average molecular weight is 210 g/mol. The second-order valence-electron chi connectivity index (χ2n) is 3.02. The molecular formula is C13H13MgO. The molecule has 1 radical (unpaired) electrons. The highest BCUT2D eigenvalue weighted by molar-refractivity contribution is 5.75. The molecular weight excluding hydrogens is 196 g/mol. The Bertz CT molecular complexity index is 412. The van der Waals surface area contributed by atoms with Gasteiger partial charge in [-0.15, -0.1) is 0 Å². The van der Waals surface area contributed by atoms with Crippen molar-refractivity contribution < 1.29 is 4.74 Å². The van der Waals surface area contributed by atoms with Crippen LogP contribution in [0, 0.1) is 6.92 Å². The Morgan fingerprint density at radius 3 is 2.07 bits per heavy atom. The van der Waals surface area contributed by atoms with Crippen molar-refractivity contribution >= 4 is 23.1 Å². The molecule has 2 rings (SSSR count). The van der Waals surface area contributed by atoms with Crippen LogP contribution in [0.3, 0.4) is 0 Å². The first-order chi connectivity index (χ1) is 6.86. The second kappa shape index (κ2) is 5.78. The van der Waals surface area contributed by atoms with E-state index < -0.39 is 0 Å². The van der Waals surface area contributed by atoms with Gasteiger partial charge in [-0.05, 0) is 30.7 Å². The maximum Gasteiger partial charge on any atom is 0.316 e. The Morgan fingerprint density at radius 1 is 0.800 bits per heavy atom. The zero-order valence-electron chi connectivity index (χ0n) is 7.81. The number of benzene rings is 2. The van der Waals surface area contributed by atoms with Crippen LogP contribution in [0.5, 0.6) is 11.5 Å². The third-order valence-electron chi connectivity index (χ3n) is 1.94. The molecule has 0 aliphatic rings. The zero-order chi connectivity index (χ0) is 9.80. The van der Waals surface area contributed by atoms with Crippen LogP contribution in [-0.2, 0) is 0 Å². The summed E-state index contributed by atoms with van der Waals surface area (Å²) in [4.78, 5) is 0. The lowest BCUT2D eigenvalue weighted by Crippen LogP contribution is -1.85. The van der Waals surface area contributed by atoms with Crippen molar-refractivity contribution in [3.63, 3.8) is 0 Å². The number of rotatable bonds is 2. The van der Waals surface area contributed by atoms with E-state index in [0.717, 1.165) is 17.1 Å². The van der Waals surface area contributed by atoms with Crippen molar-refractivity contribution in [2.45, 2.75) is 0 Å². The molecule has 0 aliphatic heterocycles. The Morgan fingerprint density at radius 2 is 1.40 bits per heavy atom. The van der Waals surface area contributed by atoms with E-state index in [1.165, 1.54) is 0 Å². The molecule has 0 atom stereocenters. The van der Waals surface area contributed by atoms with E-state index in [2.05, 4.69) is 6.92 Å². The summed E-state index contributed by atoms with van der Waals surface area (Å²) in [5.41, 5.74) is 0.899. The van der Waals surface area contributed by atoms with Crippen LogP contribution in [0.15, 0.2) is 54.6 Å². The predicted octanol–water partition coefficient (Wildman–Crippen LogP) is 2.74. The van der Waals surface area contributed by atoms with Crippen LogP contribution < -0.4 is 4.74 Å². The fraction of sp³-hybridized carbons (Fsp3) is 0. The normalized spacial score (nSPS) is 9.13. The van der Waals surface area contributed by atoms with Crippen molar-refractivity contribution in [2.75, 3.05) is 0 Å². The van der Waals surface area contributed by atoms with E-state index in [-0.39, 0.29) is 23.1 Å². The third-order valence-corrected chi connectivity index (χ3v) is 1.94. The maximum absolute atomic E-state index is 5.65. The number of hydrogen-bond donors (Lipinski definition) is 0. The van der Waals surface area contributed by atoms with Gasteiger partial charge in [-0.2, -0.15) is 0 Å². The summed E-state index contributed by atoms with van der Waals surface area (Å²) < 4.78 is 5.65.